The van der Waals surface area contributed by atoms with Crippen molar-refractivity contribution in [3.05, 3.63) is 72.9 Å². The molecule has 4 heteroatoms. The number of ether oxygens (including phenoxy) is 2. The summed E-state index contributed by atoms with van der Waals surface area (Å²) in [6, 6.07) is 0. The van der Waals surface area contributed by atoms with Crippen LogP contribution in [0.5, 0.6) is 0 Å². The molecule has 252 valence electrons. The Hall–Kier alpha value is -2.17. The van der Waals surface area contributed by atoms with Crippen LogP contribution in [0.3, 0.4) is 0 Å². The first kappa shape index (κ1) is 41.8. The van der Waals surface area contributed by atoms with E-state index < -0.39 is 6.10 Å². The number of carbonyl (C=O) groups is 1. The van der Waals surface area contributed by atoms with Gasteiger partial charge in [0.05, 0.1) is 13.2 Å². The Labute approximate surface area is 272 Å². The molecular formula is C40H68O4. The van der Waals surface area contributed by atoms with Gasteiger partial charge in [0.25, 0.3) is 0 Å². The summed E-state index contributed by atoms with van der Waals surface area (Å²) in [5.74, 6) is -0.262. The molecule has 0 aromatic heterocycles. The minimum atomic E-state index is -0.569. The molecule has 1 N–H and O–H groups in total. The third-order valence-corrected chi connectivity index (χ3v) is 7.27. The van der Waals surface area contributed by atoms with Gasteiger partial charge in [0, 0.05) is 13.0 Å². The van der Waals surface area contributed by atoms with E-state index in [1.54, 1.807) is 0 Å². The molecule has 0 fully saturated rings. The summed E-state index contributed by atoms with van der Waals surface area (Å²) in [5, 5.41) is 9.54. The normalized spacial score (nSPS) is 13.2. The van der Waals surface area contributed by atoms with Gasteiger partial charge in [0.1, 0.15) is 6.10 Å². The summed E-state index contributed by atoms with van der Waals surface area (Å²) in [6.07, 6.45) is 49.4. The van der Waals surface area contributed by atoms with Crippen molar-refractivity contribution < 1.29 is 19.4 Å². The lowest BCUT2D eigenvalue weighted by Crippen LogP contribution is -2.27. The fourth-order valence-electron chi connectivity index (χ4n) is 4.59. The average Bonchev–Trinajstić information content (AvgIpc) is 3.03. The van der Waals surface area contributed by atoms with Crippen molar-refractivity contribution >= 4 is 5.97 Å². The van der Waals surface area contributed by atoms with Crippen molar-refractivity contribution in [3.8, 4) is 0 Å². The van der Waals surface area contributed by atoms with E-state index in [1.807, 2.05) is 0 Å². The van der Waals surface area contributed by atoms with Crippen LogP contribution in [-0.2, 0) is 14.3 Å². The van der Waals surface area contributed by atoms with E-state index in [4.69, 9.17) is 9.47 Å². The van der Waals surface area contributed by atoms with Crippen molar-refractivity contribution in [2.24, 2.45) is 0 Å². The van der Waals surface area contributed by atoms with E-state index >= 15 is 0 Å². The van der Waals surface area contributed by atoms with E-state index in [1.165, 1.54) is 70.6 Å². The van der Waals surface area contributed by atoms with Crippen LogP contribution < -0.4 is 0 Å². The largest absolute Gasteiger partial charge is 0.457 e. The zero-order chi connectivity index (χ0) is 32.0. The zero-order valence-electron chi connectivity index (χ0n) is 28.6. The monoisotopic (exact) mass is 613 g/mol. The highest BCUT2D eigenvalue weighted by atomic mass is 16.6. The quantitative estimate of drug-likeness (QED) is 0.0466. The average molecular weight is 613 g/mol. The Morgan fingerprint density at radius 3 is 1.57 bits per heavy atom. The van der Waals surface area contributed by atoms with Crippen LogP contribution in [0.1, 0.15) is 149 Å². The molecule has 0 aliphatic rings. The summed E-state index contributed by atoms with van der Waals surface area (Å²) in [6.45, 7) is 5.13. The Morgan fingerprint density at radius 2 is 1.02 bits per heavy atom. The van der Waals surface area contributed by atoms with Gasteiger partial charge in [-0.25, -0.2) is 0 Å². The number of hydrogen-bond acceptors (Lipinski definition) is 4. The van der Waals surface area contributed by atoms with Gasteiger partial charge in [-0.05, 0) is 77.0 Å². The first-order valence-corrected chi connectivity index (χ1v) is 18.0. The molecule has 0 aliphatic carbocycles. The van der Waals surface area contributed by atoms with Gasteiger partial charge in [-0.1, -0.05) is 138 Å². The van der Waals surface area contributed by atoms with Crippen LogP contribution in [0, 0.1) is 0 Å². The first-order chi connectivity index (χ1) is 21.7. The molecule has 4 nitrogen and oxygen atoms in total. The molecule has 0 bridgehead atoms. The summed E-state index contributed by atoms with van der Waals surface area (Å²) in [5.41, 5.74) is 0. The highest BCUT2D eigenvalue weighted by molar-refractivity contribution is 5.69. The van der Waals surface area contributed by atoms with E-state index in [9.17, 15) is 9.90 Å². The molecule has 44 heavy (non-hydrogen) atoms. The Bertz CT molecular complexity index is 774. The predicted octanol–water partition coefficient (Wildman–Crippen LogP) is 11.5. The smallest absolute Gasteiger partial charge is 0.306 e. The van der Waals surface area contributed by atoms with Crippen LogP contribution in [0.2, 0.25) is 0 Å². The van der Waals surface area contributed by atoms with Crippen molar-refractivity contribution in [2.45, 2.75) is 155 Å². The van der Waals surface area contributed by atoms with E-state index in [-0.39, 0.29) is 19.2 Å². The highest BCUT2D eigenvalue weighted by Crippen LogP contribution is 2.10. The van der Waals surface area contributed by atoms with Crippen LogP contribution in [-0.4, -0.2) is 37.0 Å². The van der Waals surface area contributed by atoms with Crippen LogP contribution in [0.25, 0.3) is 0 Å². The fourth-order valence-corrected chi connectivity index (χ4v) is 4.59. The number of hydrogen-bond donors (Lipinski definition) is 1. The van der Waals surface area contributed by atoms with E-state index in [0.717, 1.165) is 57.8 Å². The van der Waals surface area contributed by atoms with Gasteiger partial charge in [-0.3, -0.25) is 4.79 Å². The van der Waals surface area contributed by atoms with Crippen molar-refractivity contribution in [3.63, 3.8) is 0 Å². The van der Waals surface area contributed by atoms with E-state index in [2.05, 4.69) is 86.8 Å². The van der Waals surface area contributed by atoms with Gasteiger partial charge in [-0.2, -0.15) is 0 Å². The number of aliphatic hydroxyl groups excluding tert-OH is 1. The molecule has 0 saturated heterocycles. The summed E-state index contributed by atoms with van der Waals surface area (Å²) < 4.78 is 11.1. The van der Waals surface area contributed by atoms with E-state index in [0.29, 0.717) is 13.0 Å². The van der Waals surface area contributed by atoms with Crippen molar-refractivity contribution in [1.82, 2.24) is 0 Å². The molecule has 0 aromatic carbocycles. The molecule has 0 saturated carbocycles. The third-order valence-electron chi connectivity index (χ3n) is 7.27. The van der Waals surface area contributed by atoms with Crippen LogP contribution in [0.15, 0.2) is 72.9 Å². The highest BCUT2D eigenvalue weighted by Gasteiger charge is 2.13. The second kappa shape index (κ2) is 37.0. The number of esters is 1. The second-order valence-electron chi connectivity index (χ2n) is 11.6. The van der Waals surface area contributed by atoms with Crippen LogP contribution >= 0.6 is 0 Å². The maximum Gasteiger partial charge on any atom is 0.306 e. The lowest BCUT2D eigenvalue weighted by Gasteiger charge is -2.15. The Kier molecular flexibility index (Phi) is 35.2. The zero-order valence-corrected chi connectivity index (χ0v) is 28.6. The minimum Gasteiger partial charge on any atom is -0.457 e. The Balaban J connectivity index is 3.60. The number of allylic oxidation sites excluding steroid dienone is 12. The summed E-state index contributed by atoms with van der Waals surface area (Å²) in [4.78, 5) is 12.1. The maximum atomic E-state index is 12.1. The molecule has 0 aromatic rings. The molecule has 0 spiro atoms. The number of aliphatic hydroxyl groups is 1. The van der Waals surface area contributed by atoms with Gasteiger partial charge < -0.3 is 14.6 Å². The number of carbonyl (C=O) groups excluding carboxylic acids is 1. The van der Waals surface area contributed by atoms with Gasteiger partial charge >= 0.3 is 5.97 Å². The van der Waals surface area contributed by atoms with Gasteiger partial charge in [-0.15, -0.1) is 0 Å². The molecule has 0 aliphatic heterocycles. The van der Waals surface area contributed by atoms with Gasteiger partial charge in [0.2, 0.25) is 0 Å². The topological polar surface area (TPSA) is 55.8 Å². The molecule has 0 amide bonds. The second-order valence-corrected chi connectivity index (χ2v) is 11.6. The molecule has 0 rings (SSSR count). The minimum absolute atomic E-state index is 0.201. The Morgan fingerprint density at radius 1 is 0.568 bits per heavy atom. The molecular weight excluding hydrogens is 544 g/mol. The summed E-state index contributed by atoms with van der Waals surface area (Å²) in [7, 11) is 0. The standard InChI is InChI=1S/C40H68O4/c1-3-5-7-9-11-13-15-17-19-20-21-23-25-27-29-31-33-35-40(42)44-39(37-41)38-43-36-34-32-30-28-26-24-22-18-16-14-12-10-8-6-4-2/h5,7,11,13,16-19,21,23,27,29,39,41H,3-4,6,8-10,12,14-15,20,22,24-26,28,30-38H2,1-2H3/b7-5-,13-11-,18-16-,19-17-,23-21-,29-27-. The lowest BCUT2D eigenvalue weighted by atomic mass is 10.1. The maximum absolute atomic E-state index is 12.1. The molecule has 0 radical (unpaired) electrons. The molecule has 1 unspecified atom stereocenters. The number of rotatable bonds is 32. The SMILES string of the molecule is CC/C=C\C/C=C\C/C=C\C/C=C\C/C=C\CCCC(=O)OC(CO)COCCCCCCCC/C=C\CCCCCCC. The predicted molar refractivity (Wildman–Crippen MR) is 191 cm³/mol. The lowest BCUT2D eigenvalue weighted by molar-refractivity contribution is -0.154. The fraction of sp³-hybridized carbons (Fsp3) is 0.675. The molecule has 1 atom stereocenters. The van der Waals surface area contributed by atoms with Crippen LogP contribution in [0.4, 0.5) is 0 Å². The molecule has 0 heterocycles. The van der Waals surface area contributed by atoms with Gasteiger partial charge in [0.15, 0.2) is 0 Å². The third kappa shape index (κ3) is 34.3. The summed E-state index contributed by atoms with van der Waals surface area (Å²) >= 11 is 0. The van der Waals surface area contributed by atoms with Crippen molar-refractivity contribution in [2.75, 3.05) is 19.8 Å². The first-order valence-electron chi connectivity index (χ1n) is 18.0. The number of unbranched alkanes of at least 4 members (excludes halogenated alkanes) is 12. The van der Waals surface area contributed by atoms with Crippen molar-refractivity contribution in [1.29, 1.82) is 0 Å².